The van der Waals surface area contributed by atoms with Crippen LogP contribution in [0.1, 0.15) is 33.1 Å². The van der Waals surface area contributed by atoms with E-state index in [0.29, 0.717) is 18.5 Å². The third-order valence-electron chi connectivity index (χ3n) is 2.96. The van der Waals surface area contributed by atoms with Gasteiger partial charge in [-0.25, -0.2) is 0 Å². The molecule has 0 spiro atoms. The lowest BCUT2D eigenvalue weighted by molar-refractivity contribution is 0.635. The van der Waals surface area contributed by atoms with Crippen molar-refractivity contribution in [2.24, 2.45) is 10.7 Å². The van der Waals surface area contributed by atoms with Gasteiger partial charge in [0.2, 0.25) is 0 Å². The predicted molar refractivity (Wildman–Crippen MR) is 80.8 cm³/mol. The Labute approximate surface area is 117 Å². The first-order valence-corrected chi connectivity index (χ1v) is 6.96. The summed E-state index contributed by atoms with van der Waals surface area (Å²) < 4.78 is 11.3. The number of halogens is 1. The van der Waals surface area contributed by atoms with Crippen molar-refractivity contribution in [3.63, 3.8) is 0 Å². The lowest BCUT2D eigenvalue weighted by Gasteiger charge is -2.13. The highest BCUT2D eigenvalue weighted by molar-refractivity contribution is 14.0. The molecule has 0 radical (unpaired) electrons. The topological polar surface area (TPSA) is 67.5 Å². The van der Waals surface area contributed by atoms with Gasteiger partial charge in [0.1, 0.15) is 0 Å². The van der Waals surface area contributed by atoms with Gasteiger partial charge in [-0.15, -0.1) is 24.0 Å². The molecule has 0 heterocycles. The molecule has 0 bridgehead atoms. The van der Waals surface area contributed by atoms with E-state index in [0.717, 1.165) is 19.3 Å². The molecule has 4 nitrogen and oxygen atoms in total. The van der Waals surface area contributed by atoms with E-state index in [-0.39, 0.29) is 28.7 Å². The number of hydrogen-bond acceptors (Lipinski definition) is 2. The summed E-state index contributed by atoms with van der Waals surface area (Å²) in [4.78, 5) is 4.26. The van der Waals surface area contributed by atoms with Crippen molar-refractivity contribution in [3.05, 3.63) is 0 Å². The van der Waals surface area contributed by atoms with E-state index in [4.69, 9.17) is 5.73 Å². The van der Waals surface area contributed by atoms with E-state index in [1.54, 1.807) is 6.26 Å². The predicted octanol–water partition coefficient (Wildman–Crippen LogP) is 1.22. The van der Waals surface area contributed by atoms with Gasteiger partial charge in [0.05, 0.1) is 11.3 Å². The van der Waals surface area contributed by atoms with Gasteiger partial charge in [-0.3, -0.25) is 9.20 Å². The van der Waals surface area contributed by atoms with Crippen LogP contribution in [0.5, 0.6) is 0 Å². The highest BCUT2D eigenvalue weighted by Crippen LogP contribution is 2.41. The molecular weight excluding hydrogens is 337 g/mol. The molecule has 2 atom stereocenters. The fourth-order valence-electron chi connectivity index (χ4n) is 1.31. The van der Waals surface area contributed by atoms with Crippen LogP contribution in [0.4, 0.5) is 0 Å². The van der Waals surface area contributed by atoms with E-state index in [9.17, 15) is 4.21 Å². The molecule has 0 aliphatic heterocycles. The fraction of sp³-hybridized carbons (Fsp3) is 0.900. The van der Waals surface area contributed by atoms with E-state index in [2.05, 4.69) is 24.2 Å². The fourth-order valence-corrected chi connectivity index (χ4v) is 2.23. The smallest absolute Gasteiger partial charge is 0.188 e. The van der Waals surface area contributed by atoms with Gasteiger partial charge >= 0.3 is 0 Å². The zero-order valence-electron chi connectivity index (χ0n) is 10.2. The molecule has 96 valence electrons. The normalized spacial score (nSPS) is 21.8. The molecule has 0 aromatic rings. The van der Waals surface area contributed by atoms with Crippen LogP contribution in [0.2, 0.25) is 0 Å². The quantitative estimate of drug-likeness (QED) is 0.441. The molecule has 2 unspecified atom stereocenters. The molecule has 6 heteroatoms. The second-order valence-electron chi connectivity index (χ2n) is 4.29. The molecule has 1 aliphatic rings. The maximum absolute atomic E-state index is 11.4. The lowest BCUT2D eigenvalue weighted by atomic mass is 10.3. The average molecular weight is 359 g/mol. The Hall–Kier alpha value is 0.150. The maximum atomic E-state index is 11.4. The van der Waals surface area contributed by atoms with E-state index in [1.807, 2.05) is 0 Å². The summed E-state index contributed by atoms with van der Waals surface area (Å²) in [5.74, 6) is 0.473. The Balaban J connectivity index is 0.00000225. The van der Waals surface area contributed by atoms with Crippen molar-refractivity contribution in [1.82, 2.24) is 5.32 Å². The lowest BCUT2D eigenvalue weighted by Crippen LogP contribution is -2.39. The van der Waals surface area contributed by atoms with Crippen molar-refractivity contribution >= 4 is 40.7 Å². The van der Waals surface area contributed by atoms with Crippen molar-refractivity contribution in [2.45, 2.75) is 43.9 Å². The maximum Gasteiger partial charge on any atom is 0.188 e. The second kappa shape index (κ2) is 6.78. The standard InChI is InChI=1S/C10H21N3OS.HI/c1-4-8(2)13-9(11)12-7-10(5-6-10)15(3)14;/h8H,4-7H2,1-3H3,(H3,11,12,13);1H. The molecule has 0 saturated heterocycles. The molecule has 0 aromatic carbocycles. The average Bonchev–Trinajstić information content (AvgIpc) is 2.95. The van der Waals surface area contributed by atoms with Crippen LogP contribution in [0.25, 0.3) is 0 Å². The first kappa shape index (κ1) is 16.1. The van der Waals surface area contributed by atoms with Crippen LogP contribution in [0.15, 0.2) is 4.99 Å². The number of aliphatic imine (C=N–C) groups is 1. The SMILES string of the molecule is CCC(C)NC(N)=NCC1(S(C)=O)CC1.I. The van der Waals surface area contributed by atoms with Gasteiger partial charge in [-0.05, 0) is 26.2 Å². The van der Waals surface area contributed by atoms with E-state index >= 15 is 0 Å². The molecule has 1 fully saturated rings. The molecule has 0 aromatic heterocycles. The van der Waals surface area contributed by atoms with Gasteiger partial charge in [0.25, 0.3) is 0 Å². The summed E-state index contributed by atoms with van der Waals surface area (Å²) in [6.45, 7) is 4.74. The van der Waals surface area contributed by atoms with E-state index < -0.39 is 10.8 Å². The van der Waals surface area contributed by atoms with Crippen LogP contribution >= 0.6 is 24.0 Å². The Morgan fingerprint density at radius 2 is 2.19 bits per heavy atom. The van der Waals surface area contributed by atoms with E-state index in [1.165, 1.54) is 0 Å². The molecule has 1 rings (SSSR count). The highest BCUT2D eigenvalue weighted by Gasteiger charge is 2.46. The van der Waals surface area contributed by atoms with Crippen LogP contribution < -0.4 is 11.1 Å². The van der Waals surface area contributed by atoms with Crippen molar-refractivity contribution < 1.29 is 4.21 Å². The van der Waals surface area contributed by atoms with Crippen molar-refractivity contribution in [2.75, 3.05) is 12.8 Å². The van der Waals surface area contributed by atoms with Crippen LogP contribution in [-0.2, 0) is 10.8 Å². The first-order chi connectivity index (χ1) is 7.00. The summed E-state index contributed by atoms with van der Waals surface area (Å²) in [6.07, 6.45) is 4.79. The molecule has 0 amide bonds. The molecule has 1 saturated carbocycles. The van der Waals surface area contributed by atoms with Crippen LogP contribution in [-0.4, -0.2) is 33.8 Å². The highest BCUT2D eigenvalue weighted by atomic mass is 127. The summed E-state index contributed by atoms with van der Waals surface area (Å²) in [5.41, 5.74) is 5.73. The van der Waals surface area contributed by atoms with Gasteiger partial charge in [0.15, 0.2) is 5.96 Å². The summed E-state index contributed by atoms with van der Waals surface area (Å²) >= 11 is 0. The van der Waals surface area contributed by atoms with Gasteiger partial charge in [-0.1, -0.05) is 6.92 Å². The zero-order chi connectivity index (χ0) is 11.5. The summed E-state index contributed by atoms with van der Waals surface area (Å²) in [7, 11) is -0.786. The third kappa shape index (κ3) is 4.57. The number of rotatable bonds is 5. The number of nitrogens with one attached hydrogen (secondary N) is 1. The largest absolute Gasteiger partial charge is 0.370 e. The molecule has 1 aliphatic carbocycles. The minimum absolute atomic E-state index is 0. The first-order valence-electron chi connectivity index (χ1n) is 5.40. The molecule has 3 N–H and O–H groups in total. The molecular formula is C10H22IN3OS. The monoisotopic (exact) mass is 359 g/mol. The Kier molecular flexibility index (Phi) is 6.84. The Morgan fingerprint density at radius 3 is 2.56 bits per heavy atom. The van der Waals surface area contributed by atoms with Crippen molar-refractivity contribution in [3.8, 4) is 0 Å². The number of hydrogen-bond donors (Lipinski definition) is 2. The van der Waals surface area contributed by atoms with Gasteiger partial charge in [-0.2, -0.15) is 0 Å². The Morgan fingerprint density at radius 1 is 1.62 bits per heavy atom. The van der Waals surface area contributed by atoms with Crippen molar-refractivity contribution in [1.29, 1.82) is 0 Å². The number of guanidine groups is 1. The Bertz CT molecular complexity index is 279. The third-order valence-corrected chi connectivity index (χ3v) is 4.72. The minimum atomic E-state index is -0.786. The molecule has 16 heavy (non-hydrogen) atoms. The summed E-state index contributed by atoms with van der Waals surface area (Å²) in [6, 6.07) is 0.344. The second-order valence-corrected chi connectivity index (χ2v) is 6.07. The minimum Gasteiger partial charge on any atom is -0.370 e. The zero-order valence-corrected chi connectivity index (χ0v) is 13.3. The number of nitrogens with zero attached hydrogens (tertiary/aromatic N) is 1. The summed E-state index contributed by atoms with van der Waals surface area (Å²) in [5, 5.41) is 3.10. The van der Waals surface area contributed by atoms with Crippen LogP contribution in [0, 0.1) is 0 Å². The number of nitrogens with two attached hydrogens (primary N) is 1. The van der Waals surface area contributed by atoms with Gasteiger partial charge < -0.3 is 11.1 Å². The van der Waals surface area contributed by atoms with Gasteiger partial charge in [0, 0.05) is 23.1 Å². The van der Waals surface area contributed by atoms with Crippen LogP contribution in [0.3, 0.4) is 0 Å².